The predicted octanol–water partition coefficient (Wildman–Crippen LogP) is 2.52. The van der Waals surface area contributed by atoms with Crippen LogP contribution in [0.3, 0.4) is 0 Å². The smallest absolute Gasteiger partial charge is 0.145 e. The highest BCUT2D eigenvalue weighted by atomic mass is 32.1. The molecular weight excluding hydrogens is 244 g/mol. The minimum absolute atomic E-state index is 0.150. The molecule has 0 aliphatic heterocycles. The van der Waals surface area contributed by atoms with Crippen LogP contribution in [0, 0.1) is 6.92 Å². The van der Waals surface area contributed by atoms with E-state index >= 15 is 0 Å². The van der Waals surface area contributed by atoms with Gasteiger partial charge in [-0.05, 0) is 25.5 Å². The molecule has 2 aromatic heterocycles. The third-order valence-electron chi connectivity index (χ3n) is 2.62. The van der Waals surface area contributed by atoms with Gasteiger partial charge in [0.15, 0.2) is 0 Å². The van der Waals surface area contributed by atoms with E-state index in [4.69, 9.17) is 0 Å². The highest BCUT2D eigenvalue weighted by molar-refractivity contribution is 7.09. The zero-order chi connectivity index (χ0) is 12.8. The zero-order valence-electron chi connectivity index (χ0n) is 10.8. The molecule has 0 aliphatic carbocycles. The van der Waals surface area contributed by atoms with Crippen LogP contribution in [0.4, 0.5) is 0 Å². The van der Waals surface area contributed by atoms with Crippen molar-refractivity contribution in [2.45, 2.75) is 32.7 Å². The minimum Gasteiger partial charge on any atom is -0.307 e. The van der Waals surface area contributed by atoms with Gasteiger partial charge in [-0.25, -0.2) is 15.0 Å². The van der Waals surface area contributed by atoms with Gasteiger partial charge >= 0.3 is 0 Å². The van der Waals surface area contributed by atoms with Crippen LogP contribution in [0.15, 0.2) is 24.0 Å². The molecule has 18 heavy (non-hydrogen) atoms. The van der Waals surface area contributed by atoms with Crippen LogP contribution < -0.4 is 5.32 Å². The van der Waals surface area contributed by atoms with Gasteiger partial charge in [0.05, 0.1) is 11.0 Å². The molecule has 0 spiro atoms. The second-order valence-electron chi connectivity index (χ2n) is 4.26. The van der Waals surface area contributed by atoms with Gasteiger partial charge < -0.3 is 5.32 Å². The fraction of sp³-hybridized carbons (Fsp3) is 0.462. The van der Waals surface area contributed by atoms with E-state index in [9.17, 15) is 0 Å². The molecule has 0 aliphatic rings. The lowest BCUT2D eigenvalue weighted by atomic mass is 10.2. The van der Waals surface area contributed by atoms with E-state index in [2.05, 4.69) is 27.2 Å². The summed E-state index contributed by atoms with van der Waals surface area (Å²) in [6, 6.07) is 0.150. The van der Waals surface area contributed by atoms with Gasteiger partial charge in [-0.1, -0.05) is 6.92 Å². The molecule has 5 heteroatoms. The Balaban J connectivity index is 2.11. The summed E-state index contributed by atoms with van der Waals surface area (Å²) < 4.78 is 0. The molecule has 1 unspecified atom stereocenters. The molecule has 4 nitrogen and oxygen atoms in total. The highest BCUT2D eigenvalue weighted by Gasteiger charge is 2.15. The van der Waals surface area contributed by atoms with Crippen LogP contribution in [-0.2, 0) is 6.42 Å². The van der Waals surface area contributed by atoms with Gasteiger partial charge in [-0.15, -0.1) is 11.3 Å². The molecule has 0 fully saturated rings. The molecule has 1 N–H and O–H groups in total. The molecule has 0 aromatic carbocycles. The molecule has 1 atom stereocenters. The predicted molar refractivity (Wildman–Crippen MR) is 73.6 cm³/mol. The summed E-state index contributed by atoms with van der Waals surface area (Å²) in [5, 5.41) is 6.61. The van der Waals surface area contributed by atoms with E-state index < -0.39 is 0 Å². The average Bonchev–Trinajstić information content (AvgIpc) is 2.88. The number of aromatic nitrogens is 3. The van der Waals surface area contributed by atoms with E-state index in [-0.39, 0.29) is 6.04 Å². The van der Waals surface area contributed by atoms with E-state index in [1.54, 1.807) is 11.3 Å². The number of hydrogen-bond acceptors (Lipinski definition) is 5. The lowest BCUT2D eigenvalue weighted by Crippen LogP contribution is -2.25. The average molecular weight is 262 g/mol. The third-order valence-corrected chi connectivity index (χ3v) is 3.42. The van der Waals surface area contributed by atoms with E-state index in [0.717, 1.165) is 35.8 Å². The lowest BCUT2D eigenvalue weighted by Gasteiger charge is -2.15. The lowest BCUT2D eigenvalue weighted by molar-refractivity contribution is 0.503. The number of hydrogen-bond donors (Lipinski definition) is 1. The first kappa shape index (κ1) is 13.1. The fourth-order valence-electron chi connectivity index (χ4n) is 1.68. The van der Waals surface area contributed by atoms with Crippen LogP contribution in [0.25, 0.3) is 0 Å². The SMILES string of the molecule is CCCNC(Cc1nccs1)c1ncc(C)cn1. The van der Waals surface area contributed by atoms with Crippen LogP contribution in [0.1, 0.15) is 35.8 Å². The quantitative estimate of drug-likeness (QED) is 0.869. The molecule has 0 saturated heterocycles. The Kier molecular flexibility index (Phi) is 4.78. The molecule has 0 radical (unpaired) electrons. The fourth-order valence-corrected chi connectivity index (χ4v) is 2.35. The number of aryl methyl sites for hydroxylation is 1. The van der Waals surface area contributed by atoms with Crippen LogP contribution >= 0.6 is 11.3 Å². The maximum atomic E-state index is 4.42. The van der Waals surface area contributed by atoms with Gasteiger partial charge in [0.25, 0.3) is 0 Å². The Morgan fingerprint density at radius 1 is 1.28 bits per heavy atom. The second-order valence-corrected chi connectivity index (χ2v) is 5.23. The molecule has 0 amide bonds. The first-order valence-electron chi connectivity index (χ1n) is 6.20. The van der Waals surface area contributed by atoms with Gasteiger partial charge in [0.2, 0.25) is 0 Å². The number of rotatable bonds is 6. The van der Waals surface area contributed by atoms with Gasteiger partial charge in [-0.2, -0.15) is 0 Å². The van der Waals surface area contributed by atoms with Crippen molar-refractivity contribution in [1.82, 2.24) is 20.3 Å². The molecule has 2 aromatic rings. The summed E-state index contributed by atoms with van der Waals surface area (Å²) in [6.45, 7) is 5.12. The van der Waals surface area contributed by atoms with Crippen molar-refractivity contribution in [1.29, 1.82) is 0 Å². The van der Waals surface area contributed by atoms with E-state index in [1.807, 2.05) is 30.9 Å². The van der Waals surface area contributed by atoms with Crippen LogP contribution in [0.5, 0.6) is 0 Å². The molecule has 96 valence electrons. The van der Waals surface area contributed by atoms with Gasteiger partial charge in [-0.3, -0.25) is 0 Å². The topological polar surface area (TPSA) is 50.7 Å². The zero-order valence-corrected chi connectivity index (χ0v) is 11.6. The summed E-state index contributed by atoms with van der Waals surface area (Å²) in [5.41, 5.74) is 1.09. The molecule has 0 saturated carbocycles. The number of thiazole rings is 1. The van der Waals surface area contributed by atoms with Crippen molar-refractivity contribution >= 4 is 11.3 Å². The Morgan fingerprint density at radius 2 is 2.06 bits per heavy atom. The summed E-state index contributed by atoms with van der Waals surface area (Å²) >= 11 is 1.68. The van der Waals surface area contributed by atoms with Gasteiger partial charge in [0.1, 0.15) is 5.82 Å². The number of nitrogens with zero attached hydrogens (tertiary/aromatic N) is 3. The van der Waals surface area contributed by atoms with Crippen molar-refractivity contribution in [2.75, 3.05) is 6.54 Å². The Bertz CT molecular complexity index is 452. The molecule has 2 heterocycles. The van der Waals surface area contributed by atoms with Crippen molar-refractivity contribution in [2.24, 2.45) is 0 Å². The van der Waals surface area contributed by atoms with E-state index in [1.165, 1.54) is 0 Å². The van der Waals surface area contributed by atoms with Crippen LogP contribution in [0.2, 0.25) is 0 Å². The summed E-state index contributed by atoms with van der Waals surface area (Å²) in [6.07, 6.45) is 7.52. The molecular formula is C13H18N4S. The second kappa shape index (κ2) is 6.56. The first-order valence-corrected chi connectivity index (χ1v) is 7.08. The van der Waals surface area contributed by atoms with Crippen molar-refractivity contribution < 1.29 is 0 Å². The Hall–Kier alpha value is -1.33. The van der Waals surface area contributed by atoms with Gasteiger partial charge in [0, 0.05) is 30.4 Å². The maximum Gasteiger partial charge on any atom is 0.145 e. The van der Waals surface area contributed by atoms with E-state index in [0.29, 0.717) is 0 Å². The Labute approximate surface area is 112 Å². The normalized spacial score (nSPS) is 12.6. The highest BCUT2D eigenvalue weighted by Crippen LogP contribution is 2.16. The monoisotopic (exact) mass is 262 g/mol. The first-order chi connectivity index (χ1) is 8.79. The van der Waals surface area contributed by atoms with Crippen molar-refractivity contribution in [3.8, 4) is 0 Å². The van der Waals surface area contributed by atoms with Crippen LogP contribution in [-0.4, -0.2) is 21.5 Å². The summed E-state index contributed by atoms with van der Waals surface area (Å²) in [7, 11) is 0. The molecule has 2 rings (SSSR count). The summed E-state index contributed by atoms with van der Waals surface area (Å²) in [4.78, 5) is 13.2. The van der Waals surface area contributed by atoms with Crippen molar-refractivity contribution in [3.05, 3.63) is 40.4 Å². The van der Waals surface area contributed by atoms with Crippen molar-refractivity contribution in [3.63, 3.8) is 0 Å². The number of nitrogens with one attached hydrogen (secondary N) is 1. The standard InChI is InChI=1S/C13H18N4S/c1-3-4-14-11(7-12-15-5-6-18-12)13-16-8-10(2)9-17-13/h5-6,8-9,11,14H,3-4,7H2,1-2H3. The third kappa shape index (κ3) is 3.58. The maximum absolute atomic E-state index is 4.42. The Morgan fingerprint density at radius 3 is 2.67 bits per heavy atom. The summed E-state index contributed by atoms with van der Waals surface area (Å²) in [5.74, 6) is 0.851. The molecule has 0 bridgehead atoms. The largest absolute Gasteiger partial charge is 0.307 e. The minimum atomic E-state index is 0.150.